The lowest BCUT2D eigenvalue weighted by molar-refractivity contribution is -0.0506. The van der Waals surface area contributed by atoms with Crippen LogP contribution in [0, 0.1) is 11.6 Å². The van der Waals surface area contributed by atoms with Crippen LogP contribution in [0.1, 0.15) is 56.8 Å². The molecule has 48 heavy (non-hydrogen) atoms. The van der Waals surface area contributed by atoms with Gasteiger partial charge in [0.15, 0.2) is 5.78 Å². The van der Waals surface area contributed by atoms with Crippen molar-refractivity contribution in [1.29, 1.82) is 0 Å². The first kappa shape index (κ1) is 35.7. The first-order chi connectivity index (χ1) is 22.9. The second kappa shape index (κ2) is 15.7. The molecule has 13 heteroatoms. The molecule has 0 radical (unpaired) electrons. The van der Waals surface area contributed by atoms with Gasteiger partial charge >= 0.3 is 13.2 Å². The summed E-state index contributed by atoms with van der Waals surface area (Å²) in [5.74, 6) is -1.20. The van der Waals surface area contributed by atoms with Crippen LogP contribution < -0.4 is 9.47 Å². The molecular weight excluding hydrogens is 679 g/mol. The van der Waals surface area contributed by atoms with Crippen molar-refractivity contribution in [2.75, 3.05) is 11.5 Å². The van der Waals surface area contributed by atoms with E-state index in [-0.39, 0.29) is 35.5 Å². The summed E-state index contributed by atoms with van der Waals surface area (Å²) in [4.78, 5) is 13.1. The summed E-state index contributed by atoms with van der Waals surface area (Å²) in [7, 11) is 0. The Kier molecular flexibility index (Phi) is 11.7. The van der Waals surface area contributed by atoms with E-state index in [4.69, 9.17) is 0 Å². The summed E-state index contributed by atoms with van der Waals surface area (Å²) >= 11 is 2.86. The number of benzene rings is 4. The molecule has 0 spiro atoms. The van der Waals surface area contributed by atoms with Crippen molar-refractivity contribution >= 4 is 29.3 Å². The van der Waals surface area contributed by atoms with E-state index in [0.717, 1.165) is 18.6 Å². The van der Waals surface area contributed by atoms with E-state index in [1.807, 2.05) is 0 Å². The van der Waals surface area contributed by atoms with Crippen LogP contribution in [-0.2, 0) is 16.9 Å². The topological polar surface area (TPSA) is 76.0 Å². The first-order valence-electron chi connectivity index (χ1n) is 14.8. The van der Waals surface area contributed by atoms with Crippen molar-refractivity contribution in [1.82, 2.24) is 0 Å². The number of aliphatic hydroxyl groups excluding tert-OH is 2. The Balaban J connectivity index is 1.37. The van der Waals surface area contributed by atoms with Gasteiger partial charge < -0.3 is 19.7 Å². The Bertz CT molecular complexity index is 1730. The van der Waals surface area contributed by atoms with Crippen LogP contribution in [0.5, 0.6) is 11.5 Å². The Morgan fingerprint density at radius 3 is 1.88 bits per heavy atom. The minimum Gasteiger partial charge on any atom is -0.435 e. The summed E-state index contributed by atoms with van der Waals surface area (Å²) in [5, 5.41) is 22.3. The minimum atomic E-state index is -3.10. The van der Waals surface area contributed by atoms with Crippen LogP contribution in [0.25, 0.3) is 0 Å². The van der Waals surface area contributed by atoms with Gasteiger partial charge in [0.2, 0.25) is 0 Å². The lowest BCUT2D eigenvalue weighted by Crippen LogP contribution is -2.31. The van der Waals surface area contributed by atoms with Crippen LogP contribution in [0.4, 0.5) is 26.3 Å². The molecule has 1 aliphatic heterocycles. The van der Waals surface area contributed by atoms with Gasteiger partial charge in [-0.1, -0.05) is 30.3 Å². The van der Waals surface area contributed by atoms with Crippen molar-refractivity contribution in [2.24, 2.45) is 0 Å². The maximum absolute atomic E-state index is 15.1. The fourth-order valence-electron chi connectivity index (χ4n) is 5.50. The zero-order chi connectivity index (χ0) is 34.4. The molecule has 5 rings (SSSR count). The molecule has 1 aliphatic rings. The SMILES string of the molecule is O=C(c1cc(F)cc(CCc2cc(F)cc(C3(C(O)c4cccc(OC(F)F)c4)SCCCS3)c2)c1)C(O)c1cccc(OC(F)F)c1. The van der Waals surface area contributed by atoms with Gasteiger partial charge in [0, 0.05) is 5.56 Å². The first-order valence-corrected chi connectivity index (χ1v) is 16.8. The van der Waals surface area contributed by atoms with Crippen LogP contribution in [0.2, 0.25) is 0 Å². The number of aliphatic hydroxyl groups is 2. The number of carbonyl (C=O) groups excluding carboxylic acids is 1. The van der Waals surface area contributed by atoms with Crippen LogP contribution in [-0.4, -0.2) is 40.7 Å². The molecule has 0 bridgehead atoms. The monoisotopic (exact) mass is 708 g/mol. The second-order valence-corrected chi connectivity index (χ2v) is 13.9. The normalized spacial score (nSPS) is 15.7. The number of carbonyl (C=O) groups is 1. The van der Waals surface area contributed by atoms with Gasteiger partial charge in [0.05, 0.1) is 0 Å². The Morgan fingerprint density at radius 2 is 1.27 bits per heavy atom. The molecule has 254 valence electrons. The highest BCUT2D eigenvalue weighted by atomic mass is 32.2. The van der Waals surface area contributed by atoms with Gasteiger partial charge in [-0.15, -0.1) is 23.5 Å². The lowest BCUT2D eigenvalue weighted by Gasteiger charge is -2.40. The zero-order valence-electron chi connectivity index (χ0n) is 25.1. The molecule has 5 nitrogen and oxygen atoms in total. The Labute approximate surface area is 281 Å². The third-order valence-electron chi connectivity index (χ3n) is 7.63. The number of alkyl halides is 4. The smallest absolute Gasteiger partial charge is 0.387 e. The Hall–Kier alpha value is -3.65. The highest BCUT2D eigenvalue weighted by molar-refractivity contribution is 8.18. The molecule has 0 aromatic heterocycles. The van der Waals surface area contributed by atoms with Crippen molar-refractivity contribution in [2.45, 2.75) is 48.8 Å². The van der Waals surface area contributed by atoms with Crippen LogP contribution in [0.3, 0.4) is 0 Å². The summed E-state index contributed by atoms with van der Waals surface area (Å²) in [6, 6.07) is 18.8. The number of rotatable bonds is 13. The molecule has 0 aliphatic carbocycles. The quantitative estimate of drug-likeness (QED) is 0.106. The largest absolute Gasteiger partial charge is 0.435 e. The van der Waals surface area contributed by atoms with E-state index in [0.29, 0.717) is 33.8 Å². The van der Waals surface area contributed by atoms with E-state index in [1.54, 1.807) is 12.1 Å². The number of ketones is 1. The second-order valence-electron chi connectivity index (χ2n) is 11.0. The van der Waals surface area contributed by atoms with Crippen LogP contribution >= 0.6 is 23.5 Å². The average Bonchev–Trinajstić information content (AvgIpc) is 3.06. The van der Waals surface area contributed by atoms with Crippen molar-refractivity contribution < 1.29 is 50.8 Å². The van der Waals surface area contributed by atoms with Crippen molar-refractivity contribution in [3.05, 3.63) is 130 Å². The summed E-state index contributed by atoms with van der Waals surface area (Å²) in [6.07, 6.45) is -1.74. The molecule has 0 saturated carbocycles. The fraction of sp³-hybridized carbons (Fsp3) is 0.286. The maximum Gasteiger partial charge on any atom is 0.387 e. The summed E-state index contributed by atoms with van der Waals surface area (Å²) < 4.78 is 88.6. The number of aryl methyl sites for hydroxylation is 2. The van der Waals surface area contributed by atoms with Gasteiger partial charge in [-0.05, 0) is 113 Å². The number of ether oxygens (including phenoxy) is 2. The molecule has 2 unspecified atom stereocenters. The zero-order valence-corrected chi connectivity index (χ0v) is 26.8. The van der Waals surface area contributed by atoms with Gasteiger partial charge in [-0.3, -0.25) is 4.79 Å². The third-order valence-corrected chi connectivity index (χ3v) is 11.1. The highest BCUT2D eigenvalue weighted by Crippen LogP contribution is 2.58. The summed E-state index contributed by atoms with van der Waals surface area (Å²) in [5.41, 5.74) is 1.57. The fourth-order valence-corrected chi connectivity index (χ4v) is 8.86. The number of Topliss-reactive ketones (excluding diaryl/α,β-unsaturated/α-hetero) is 1. The molecule has 0 amide bonds. The minimum absolute atomic E-state index is 0.0147. The number of hydrogen-bond acceptors (Lipinski definition) is 7. The van der Waals surface area contributed by atoms with Crippen molar-refractivity contribution in [3.8, 4) is 11.5 Å². The number of thioether (sulfide) groups is 2. The van der Waals surface area contributed by atoms with Gasteiger partial charge in [-0.2, -0.15) is 17.6 Å². The van der Waals surface area contributed by atoms with Gasteiger partial charge in [0.1, 0.15) is 39.4 Å². The predicted molar refractivity (Wildman–Crippen MR) is 172 cm³/mol. The predicted octanol–water partition coefficient (Wildman–Crippen LogP) is 8.63. The molecule has 2 N–H and O–H groups in total. The van der Waals surface area contributed by atoms with E-state index in [9.17, 15) is 37.0 Å². The molecule has 4 aromatic carbocycles. The van der Waals surface area contributed by atoms with E-state index in [2.05, 4.69) is 9.47 Å². The van der Waals surface area contributed by atoms with Gasteiger partial charge in [-0.25, -0.2) is 8.78 Å². The maximum atomic E-state index is 15.1. The molecule has 1 heterocycles. The van der Waals surface area contributed by atoms with Crippen LogP contribution in [0.15, 0.2) is 84.9 Å². The highest BCUT2D eigenvalue weighted by Gasteiger charge is 2.44. The van der Waals surface area contributed by atoms with Crippen molar-refractivity contribution in [3.63, 3.8) is 0 Å². The molecular formula is C35H30F6O5S2. The van der Waals surface area contributed by atoms with E-state index < -0.39 is 46.9 Å². The van der Waals surface area contributed by atoms with E-state index >= 15 is 4.39 Å². The number of hydrogen-bond donors (Lipinski definition) is 2. The Morgan fingerprint density at radius 1 is 0.729 bits per heavy atom. The van der Waals surface area contributed by atoms with Gasteiger partial charge in [0.25, 0.3) is 0 Å². The summed E-state index contributed by atoms with van der Waals surface area (Å²) in [6.45, 7) is -6.14. The number of halogens is 6. The average molecular weight is 709 g/mol. The lowest BCUT2D eigenvalue weighted by atomic mass is 9.94. The molecule has 1 fully saturated rings. The standard InChI is InChI=1S/C35H30F6O5S2/c36-26-14-20(12-24(16-26)31(43)30(42)22-4-1-6-28(17-22)45-33(38)39)8-9-21-13-25(19-27(37)15-21)35(47-10-3-11-48-35)32(44)23-5-2-7-29(18-23)46-34(40)41/h1-2,4-7,12-19,30,32-34,42,44H,3,8-11H2. The molecule has 2 atom stereocenters. The molecule has 4 aromatic rings. The third kappa shape index (κ3) is 8.68. The van der Waals surface area contributed by atoms with E-state index in [1.165, 1.54) is 84.2 Å². The molecule has 1 saturated heterocycles.